The summed E-state index contributed by atoms with van der Waals surface area (Å²) in [6.07, 6.45) is 6.73. The van der Waals surface area contributed by atoms with E-state index in [2.05, 4.69) is 10.9 Å². The Morgan fingerprint density at radius 2 is 1.95 bits per heavy atom. The van der Waals surface area contributed by atoms with Crippen LogP contribution in [0.3, 0.4) is 0 Å². The molecule has 8 nitrogen and oxygen atoms in total. The van der Waals surface area contributed by atoms with Crippen molar-refractivity contribution in [2.75, 3.05) is 20.8 Å². The molecule has 0 saturated heterocycles. The number of esters is 1. The molecule has 2 aromatic carbocycles. The quantitative estimate of drug-likeness (QED) is 0.327. The van der Waals surface area contributed by atoms with E-state index in [-0.39, 0.29) is 23.8 Å². The Morgan fingerprint density at radius 1 is 1.18 bits per heavy atom. The first kappa shape index (κ1) is 26.8. The van der Waals surface area contributed by atoms with Gasteiger partial charge in [0, 0.05) is 11.1 Å². The fourth-order valence-corrected chi connectivity index (χ4v) is 5.24. The van der Waals surface area contributed by atoms with Gasteiger partial charge in [-0.1, -0.05) is 35.5 Å². The van der Waals surface area contributed by atoms with Crippen LogP contribution in [0.5, 0.6) is 17.2 Å². The summed E-state index contributed by atoms with van der Waals surface area (Å²) in [6, 6.07) is 11.7. The van der Waals surface area contributed by atoms with E-state index < -0.39 is 12.0 Å². The van der Waals surface area contributed by atoms with E-state index in [9.17, 15) is 9.59 Å². The number of terminal acetylenes is 1. The molecule has 4 rings (SSSR count). The normalized spacial score (nSPS) is 15.0. The summed E-state index contributed by atoms with van der Waals surface area (Å²) in [5, 5.41) is 0. The van der Waals surface area contributed by atoms with Crippen LogP contribution in [0.2, 0.25) is 0 Å². The van der Waals surface area contributed by atoms with Gasteiger partial charge in [0.1, 0.15) is 29.9 Å². The molecule has 0 unspecified atom stereocenters. The molecule has 9 heteroatoms. The van der Waals surface area contributed by atoms with Crippen molar-refractivity contribution >= 4 is 23.4 Å². The van der Waals surface area contributed by atoms with Crippen molar-refractivity contribution < 1.29 is 23.7 Å². The van der Waals surface area contributed by atoms with Gasteiger partial charge in [0.25, 0.3) is 5.56 Å². The average Bonchev–Trinajstić information content (AvgIpc) is 3.20. The molecule has 0 amide bonds. The van der Waals surface area contributed by atoms with Crippen LogP contribution in [0.4, 0.5) is 0 Å². The Bertz CT molecular complexity index is 1620. The van der Waals surface area contributed by atoms with Crippen molar-refractivity contribution in [1.29, 1.82) is 0 Å². The van der Waals surface area contributed by atoms with Crippen molar-refractivity contribution in [3.05, 3.63) is 84.5 Å². The summed E-state index contributed by atoms with van der Waals surface area (Å²) in [4.78, 5) is 32.4. The molecule has 0 spiro atoms. The van der Waals surface area contributed by atoms with Gasteiger partial charge in [-0.2, -0.15) is 0 Å². The van der Waals surface area contributed by atoms with Crippen LogP contribution in [0.25, 0.3) is 6.08 Å². The van der Waals surface area contributed by atoms with E-state index in [1.807, 2.05) is 18.2 Å². The second-order valence-electron chi connectivity index (χ2n) is 8.67. The van der Waals surface area contributed by atoms with E-state index in [1.54, 1.807) is 58.2 Å². The number of thiazole rings is 1. The van der Waals surface area contributed by atoms with E-state index in [1.165, 1.54) is 23.0 Å². The van der Waals surface area contributed by atoms with Crippen molar-refractivity contribution in [3.63, 3.8) is 0 Å². The van der Waals surface area contributed by atoms with Crippen LogP contribution in [0, 0.1) is 12.3 Å². The lowest BCUT2D eigenvalue weighted by molar-refractivity contribution is -0.143. The molecule has 1 aromatic heterocycles. The number of benzene rings is 2. The van der Waals surface area contributed by atoms with Gasteiger partial charge >= 0.3 is 5.97 Å². The number of hydrogen-bond acceptors (Lipinski definition) is 8. The number of rotatable bonds is 8. The minimum absolute atomic E-state index is 0.0995. The van der Waals surface area contributed by atoms with Crippen molar-refractivity contribution in [3.8, 4) is 29.6 Å². The maximum atomic E-state index is 13.9. The fraction of sp³-hybridized carbons (Fsp3) is 0.276. The predicted octanol–water partition coefficient (Wildman–Crippen LogP) is 3.22. The van der Waals surface area contributed by atoms with Crippen molar-refractivity contribution in [1.82, 2.24) is 4.57 Å². The topological polar surface area (TPSA) is 88.3 Å². The predicted molar refractivity (Wildman–Crippen MR) is 145 cm³/mol. The van der Waals surface area contributed by atoms with Crippen LogP contribution in [-0.4, -0.2) is 37.5 Å². The van der Waals surface area contributed by atoms with Gasteiger partial charge in [0.2, 0.25) is 0 Å². The van der Waals surface area contributed by atoms with E-state index in [0.29, 0.717) is 43.4 Å². The standard InChI is InChI=1S/C29H28N2O6S/c1-7-14-36-22-11-9-8-10-19(22)15-24-27(32)31-26(21-16-20(34-5)12-13-23(21)35-6)25(28(33)37-17(2)3)18(4)30-29(31)38-24/h1,8-13,15-17,26H,14H2,2-6H3/t26-/m0/s1. The number of nitrogens with zero attached hydrogens (tertiary/aromatic N) is 2. The first-order chi connectivity index (χ1) is 18.3. The summed E-state index contributed by atoms with van der Waals surface area (Å²) in [6.45, 7) is 5.37. The van der Waals surface area contributed by atoms with Crippen LogP contribution in [0.15, 0.2) is 63.5 Å². The smallest absolute Gasteiger partial charge is 0.338 e. The van der Waals surface area contributed by atoms with Gasteiger partial charge in [0.05, 0.1) is 36.1 Å². The van der Waals surface area contributed by atoms with Crippen LogP contribution in [-0.2, 0) is 9.53 Å². The molecule has 196 valence electrons. The third-order valence-electron chi connectivity index (χ3n) is 5.83. The molecule has 3 aromatic rings. The van der Waals surface area contributed by atoms with Crippen molar-refractivity contribution in [2.24, 2.45) is 4.99 Å². The minimum Gasteiger partial charge on any atom is -0.497 e. The summed E-state index contributed by atoms with van der Waals surface area (Å²) in [5.41, 5.74) is 1.65. The Balaban J connectivity index is 1.99. The van der Waals surface area contributed by atoms with Gasteiger partial charge in [-0.05, 0) is 51.1 Å². The Kier molecular flexibility index (Phi) is 8.03. The first-order valence-corrected chi connectivity index (χ1v) is 12.7. The number of para-hydroxylation sites is 1. The molecule has 1 aliphatic heterocycles. The molecule has 0 fully saturated rings. The van der Waals surface area contributed by atoms with Crippen LogP contribution in [0.1, 0.15) is 37.9 Å². The lowest BCUT2D eigenvalue weighted by Gasteiger charge is -2.26. The summed E-state index contributed by atoms with van der Waals surface area (Å²) in [7, 11) is 3.08. The summed E-state index contributed by atoms with van der Waals surface area (Å²) >= 11 is 1.22. The minimum atomic E-state index is -0.849. The van der Waals surface area contributed by atoms with E-state index in [0.717, 1.165) is 0 Å². The molecule has 0 aliphatic carbocycles. The fourth-order valence-electron chi connectivity index (χ4n) is 4.20. The Morgan fingerprint density at radius 3 is 2.63 bits per heavy atom. The lowest BCUT2D eigenvalue weighted by atomic mass is 9.94. The molecular formula is C29H28N2O6S. The zero-order valence-electron chi connectivity index (χ0n) is 21.8. The SMILES string of the molecule is C#CCOc1ccccc1C=c1sc2n(c1=O)[C@@H](c1cc(OC)ccc1OC)C(C(=O)OC(C)C)=C(C)N=2. The highest BCUT2D eigenvalue weighted by Crippen LogP contribution is 2.38. The molecule has 38 heavy (non-hydrogen) atoms. The zero-order valence-corrected chi connectivity index (χ0v) is 22.6. The maximum Gasteiger partial charge on any atom is 0.338 e. The van der Waals surface area contributed by atoms with Gasteiger partial charge in [-0.15, -0.1) is 6.42 Å². The zero-order chi connectivity index (χ0) is 27.4. The second-order valence-corrected chi connectivity index (χ2v) is 9.68. The van der Waals surface area contributed by atoms with Gasteiger partial charge < -0.3 is 18.9 Å². The number of fused-ring (bicyclic) bond motifs is 1. The van der Waals surface area contributed by atoms with Crippen molar-refractivity contribution in [2.45, 2.75) is 32.9 Å². The van der Waals surface area contributed by atoms with Crippen LogP contribution < -0.4 is 29.1 Å². The van der Waals surface area contributed by atoms with Gasteiger partial charge in [0.15, 0.2) is 4.80 Å². The largest absolute Gasteiger partial charge is 0.497 e. The third kappa shape index (κ3) is 5.22. The maximum absolute atomic E-state index is 13.9. The highest BCUT2D eigenvalue weighted by atomic mass is 32.1. The molecule has 0 bridgehead atoms. The van der Waals surface area contributed by atoms with E-state index >= 15 is 0 Å². The number of aromatic nitrogens is 1. The van der Waals surface area contributed by atoms with Gasteiger partial charge in [-0.3, -0.25) is 9.36 Å². The number of carbonyl (C=O) groups excluding carboxylic acids is 1. The highest BCUT2D eigenvalue weighted by Gasteiger charge is 2.35. The molecule has 2 heterocycles. The number of methoxy groups -OCH3 is 2. The first-order valence-electron chi connectivity index (χ1n) is 11.9. The van der Waals surface area contributed by atoms with Crippen LogP contribution >= 0.6 is 11.3 Å². The summed E-state index contributed by atoms with van der Waals surface area (Å²) < 4.78 is 24.2. The lowest BCUT2D eigenvalue weighted by Crippen LogP contribution is -2.40. The molecular weight excluding hydrogens is 504 g/mol. The molecule has 1 atom stereocenters. The average molecular weight is 533 g/mol. The van der Waals surface area contributed by atoms with E-state index in [4.69, 9.17) is 25.4 Å². The molecule has 0 radical (unpaired) electrons. The number of hydrogen-bond donors (Lipinski definition) is 0. The number of allylic oxidation sites excluding steroid dienone is 1. The Labute approximate surface area is 224 Å². The third-order valence-corrected chi connectivity index (χ3v) is 6.82. The molecule has 1 aliphatic rings. The molecule has 0 saturated carbocycles. The highest BCUT2D eigenvalue weighted by molar-refractivity contribution is 7.07. The molecule has 0 N–H and O–H groups in total. The Hall–Kier alpha value is -4.29. The summed E-state index contributed by atoms with van der Waals surface area (Å²) in [5.74, 6) is 3.49. The monoisotopic (exact) mass is 532 g/mol. The second kappa shape index (κ2) is 11.4. The van der Waals surface area contributed by atoms with Gasteiger partial charge in [-0.25, -0.2) is 9.79 Å². The number of carbonyl (C=O) groups is 1. The number of ether oxygens (including phenoxy) is 4.